The van der Waals surface area contributed by atoms with Crippen LogP contribution >= 0.6 is 23.2 Å². The fraction of sp³-hybridized carbons (Fsp3) is 0.0625. The van der Waals surface area contributed by atoms with Crippen molar-refractivity contribution < 1.29 is 28.7 Å². The fourth-order valence-corrected chi connectivity index (χ4v) is 3.79. The fourth-order valence-electron chi connectivity index (χ4n) is 3.54. The Balaban J connectivity index is 1.23. The van der Waals surface area contributed by atoms with E-state index in [-0.39, 0.29) is 24.3 Å². The molecule has 4 aromatic carbocycles. The smallest absolute Gasteiger partial charge is 0.343 e. The van der Waals surface area contributed by atoms with Crippen LogP contribution in [0.25, 0.3) is 0 Å². The van der Waals surface area contributed by atoms with Gasteiger partial charge in [0, 0.05) is 34.0 Å². The second-order valence-corrected chi connectivity index (χ2v) is 9.83. The molecule has 2 amide bonds. The summed E-state index contributed by atoms with van der Waals surface area (Å²) in [5.41, 5.74) is 6.19. The Bertz CT molecular complexity index is 1580. The number of ether oxygens (including phenoxy) is 2. The van der Waals surface area contributed by atoms with Crippen LogP contribution in [0, 0.1) is 0 Å². The van der Waals surface area contributed by atoms with Crippen molar-refractivity contribution in [2.75, 3.05) is 0 Å². The molecule has 0 radical (unpaired) electrons. The normalized spacial score (nSPS) is 10.9. The summed E-state index contributed by atoms with van der Waals surface area (Å²) in [6.07, 6.45) is 2.32. The Morgan fingerprint density at radius 1 is 0.568 bits per heavy atom. The zero-order valence-electron chi connectivity index (χ0n) is 22.9. The third-order valence-corrected chi connectivity index (χ3v) is 6.27. The van der Waals surface area contributed by atoms with Gasteiger partial charge in [0.15, 0.2) is 0 Å². The standard InChI is InChI=1S/C32H24Cl2N4O6/c33-25-13-9-21(10-14-25)31(41)43-27-7-3-1-5-23(27)19-35-37-29(39)17-18-30(40)38-36-20-24-6-2-4-8-28(24)44-32(42)22-11-15-26(34)16-12-22/h1-16,19-20H,17-18H2,(H,37,39)(H,38,40)/b35-19-,36-20-. The second-order valence-electron chi connectivity index (χ2n) is 8.95. The van der Waals surface area contributed by atoms with Gasteiger partial charge in [-0.25, -0.2) is 20.4 Å². The quantitative estimate of drug-likeness (QED) is 0.0928. The number of carbonyl (C=O) groups is 4. The molecule has 0 fully saturated rings. The van der Waals surface area contributed by atoms with Crippen LogP contribution in [0.1, 0.15) is 44.7 Å². The van der Waals surface area contributed by atoms with Gasteiger partial charge in [-0.3, -0.25) is 9.59 Å². The number of amides is 2. The molecule has 0 bridgehead atoms. The van der Waals surface area contributed by atoms with Gasteiger partial charge in [-0.05, 0) is 72.8 Å². The number of nitrogens with one attached hydrogen (secondary N) is 2. The highest BCUT2D eigenvalue weighted by Gasteiger charge is 2.12. The summed E-state index contributed by atoms with van der Waals surface area (Å²) in [5.74, 6) is -1.72. The number of nitrogens with zero attached hydrogens (tertiary/aromatic N) is 2. The number of halogens is 2. The molecule has 12 heteroatoms. The molecule has 0 aliphatic rings. The van der Waals surface area contributed by atoms with Crippen molar-refractivity contribution in [1.82, 2.24) is 10.9 Å². The van der Waals surface area contributed by atoms with E-state index in [2.05, 4.69) is 21.1 Å². The third kappa shape index (κ3) is 9.62. The Morgan fingerprint density at radius 3 is 1.32 bits per heavy atom. The largest absolute Gasteiger partial charge is 0.422 e. The Morgan fingerprint density at radius 2 is 0.932 bits per heavy atom. The Labute approximate surface area is 262 Å². The van der Waals surface area contributed by atoms with E-state index >= 15 is 0 Å². The van der Waals surface area contributed by atoms with Crippen molar-refractivity contribution in [2.45, 2.75) is 12.8 Å². The van der Waals surface area contributed by atoms with E-state index in [0.717, 1.165) is 0 Å². The van der Waals surface area contributed by atoms with Crippen LogP contribution in [0.4, 0.5) is 0 Å². The van der Waals surface area contributed by atoms with Crippen LogP contribution in [0.2, 0.25) is 10.0 Å². The van der Waals surface area contributed by atoms with Gasteiger partial charge in [0.2, 0.25) is 11.8 Å². The Hall–Kier alpha value is -5.32. The predicted octanol–water partition coefficient (Wildman–Crippen LogP) is 5.81. The third-order valence-electron chi connectivity index (χ3n) is 5.77. The van der Waals surface area contributed by atoms with Crippen LogP contribution in [-0.4, -0.2) is 36.2 Å². The molecule has 222 valence electrons. The first-order valence-electron chi connectivity index (χ1n) is 13.1. The summed E-state index contributed by atoms with van der Waals surface area (Å²) >= 11 is 11.7. The highest BCUT2D eigenvalue weighted by Crippen LogP contribution is 2.20. The van der Waals surface area contributed by atoms with E-state index in [1.54, 1.807) is 97.1 Å². The van der Waals surface area contributed by atoms with E-state index in [4.69, 9.17) is 32.7 Å². The van der Waals surface area contributed by atoms with E-state index in [0.29, 0.717) is 32.3 Å². The van der Waals surface area contributed by atoms with Crippen molar-refractivity contribution >= 4 is 59.4 Å². The lowest BCUT2D eigenvalue weighted by Gasteiger charge is -2.07. The van der Waals surface area contributed by atoms with Gasteiger partial charge in [-0.15, -0.1) is 0 Å². The molecule has 0 saturated heterocycles. The predicted molar refractivity (Wildman–Crippen MR) is 166 cm³/mol. The maximum Gasteiger partial charge on any atom is 0.343 e. The van der Waals surface area contributed by atoms with Crippen LogP contribution in [0.3, 0.4) is 0 Å². The molecule has 10 nitrogen and oxygen atoms in total. The zero-order chi connectivity index (χ0) is 31.3. The molecular formula is C32H24Cl2N4O6. The maximum absolute atomic E-state index is 12.4. The number of para-hydroxylation sites is 2. The van der Waals surface area contributed by atoms with Crippen molar-refractivity contribution in [3.05, 3.63) is 129 Å². The van der Waals surface area contributed by atoms with Gasteiger partial charge >= 0.3 is 11.9 Å². The summed E-state index contributed by atoms with van der Waals surface area (Å²) in [6.45, 7) is 0. The highest BCUT2D eigenvalue weighted by atomic mass is 35.5. The van der Waals surface area contributed by atoms with E-state index in [1.165, 1.54) is 12.4 Å². The minimum atomic E-state index is -0.581. The van der Waals surface area contributed by atoms with Crippen molar-refractivity contribution in [1.29, 1.82) is 0 Å². The summed E-state index contributed by atoms with van der Waals surface area (Å²) in [6, 6.07) is 25.8. The monoisotopic (exact) mass is 630 g/mol. The van der Waals surface area contributed by atoms with Crippen LogP contribution in [0.15, 0.2) is 107 Å². The molecule has 0 aliphatic carbocycles. The molecular weight excluding hydrogens is 607 g/mol. The molecule has 0 saturated carbocycles. The minimum absolute atomic E-state index is 0.165. The minimum Gasteiger partial charge on any atom is -0.422 e. The van der Waals surface area contributed by atoms with Crippen LogP contribution < -0.4 is 20.3 Å². The van der Waals surface area contributed by atoms with Gasteiger partial charge in [-0.1, -0.05) is 47.5 Å². The van der Waals surface area contributed by atoms with Crippen molar-refractivity contribution in [2.24, 2.45) is 10.2 Å². The number of rotatable bonds is 11. The summed E-state index contributed by atoms with van der Waals surface area (Å²) in [7, 11) is 0. The van der Waals surface area contributed by atoms with E-state index in [9.17, 15) is 19.2 Å². The first kappa shape index (κ1) is 31.6. The van der Waals surface area contributed by atoms with Crippen molar-refractivity contribution in [3.63, 3.8) is 0 Å². The van der Waals surface area contributed by atoms with E-state index < -0.39 is 23.8 Å². The molecule has 0 heterocycles. The molecule has 0 unspecified atom stereocenters. The second kappa shape index (κ2) is 15.8. The molecule has 4 aromatic rings. The van der Waals surface area contributed by atoms with Crippen LogP contribution in [-0.2, 0) is 9.59 Å². The summed E-state index contributed by atoms with van der Waals surface area (Å²) < 4.78 is 10.9. The van der Waals surface area contributed by atoms with Crippen LogP contribution in [0.5, 0.6) is 11.5 Å². The average Bonchev–Trinajstić information content (AvgIpc) is 3.02. The number of esters is 2. The highest BCUT2D eigenvalue weighted by molar-refractivity contribution is 6.31. The molecule has 0 atom stereocenters. The molecule has 0 spiro atoms. The van der Waals surface area contributed by atoms with Gasteiger partial charge in [0.25, 0.3) is 0 Å². The number of hydrogen-bond acceptors (Lipinski definition) is 8. The molecule has 0 aliphatic heterocycles. The first-order valence-corrected chi connectivity index (χ1v) is 13.8. The topological polar surface area (TPSA) is 136 Å². The number of hydrazone groups is 2. The van der Waals surface area contributed by atoms with Crippen molar-refractivity contribution in [3.8, 4) is 11.5 Å². The van der Waals surface area contributed by atoms with E-state index in [1.807, 2.05) is 0 Å². The molecule has 4 rings (SSSR count). The van der Waals surface area contributed by atoms with Gasteiger partial charge in [-0.2, -0.15) is 10.2 Å². The molecule has 0 aromatic heterocycles. The lowest BCUT2D eigenvalue weighted by atomic mass is 10.2. The molecule has 44 heavy (non-hydrogen) atoms. The SMILES string of the molecule is O=C(CCC(=O)N/N=C\c1ccccc1OC(=O)c1ccc(Cl)cc1)N/N=C\c1ccccc1OC(=O)c1ccc(Cl)cc1. The summed E-state index contributed by atoms with van der Waals surface area (Å²) in [5, 5.41) is 8.77. The maximum atomic E-state index is 12.4. The zero-order valence-corrected chi connectivity index (χ0v) is 24.4. The number of hydrogen-bond donors (Lipinski definition) is 2. The Kier molecular flexibility index (Phi) is 11.3. The molecule has 2 N–H and O–H groups in total. The van der Waals surface area contributed by atoms with Gasteiger partial charge in [0.05, 0.1) is 23.6 Å². The first-order chi connectivity index (χ1) is 21.3. The lowest BCUT2D eigenvalue weighted by molar-refractivity contribution is -0.126. The van der Waals surface area contributed by atoms with Gasteiger partial charge < -0.3 is 9.47 Å². The van der Waals surface area contributed by atoms with Gasteiger partial charge in [0.1, 0.15) is 11.5 Å². The number of benzene rings is 4. The average molecular weight is 631 g/mol. The summed E-state index contributed by atoms with van der Waals surface area (Å²) in [4.78, 5) is 49.3. The lowest BCUT2D eigenvalue weighted by Crippen LogP contribution is -2.23. The number of carbonyl (C=O) groups excluding carboxylic acids is 4.